The molecule has 0 amide bonds. The van der Waals surface area contributed by atoms with Crippen LogP contribution in [0.4, 0.5) is 0 Å². The summed E-state index contributed by atoms with van der Waals surface area (Å²) >= 11 is 5.25. The van der Waals surface area contributed by atoms with Crippen LogP contribution in [0.1, 0.15) is 18.1 Å². The first kappa shape index (κ1) is 17.7. The Hall–Kier alpha value is -2.60. The van der Waals surface area contributed by atoms with E-state index in [1.807, 2.05) is 55.5 Å². The topological polar surface area (TPSA) is 54.9 Å². The number of ether oxygens (including phenoxy) is 2. The van der Waals surface area contributed by atoms with Crippen LogP contribution in [0.2, 0.25) is 0 Å². The van der Waals surface area contributed by atoms with Crippen LogP contribution in [0.15, 0.2) is 53.6 Å². The molecule has 0 aliphatic carbocycles. The molecule has 6 heteroatoms. The van der Waals surface area contributed by atoms with Crippen molar-refractivity contribution in [3.8, 4) is 11.5 Å². The minimum atomic E-state index is 0.458. The van der Waals surface area contributed by atoms with E-state index in [0.717, 1.165) is 28.3 Å². The number of hydrogen-bond acceptors (Lipinski definition) is 4. The summed E-state index contributed by atoms with van der Waals surface area (Å²) in [5.41, 5.74) is 5.59. The molecule has 24 heavy (non-hydrogen) atoms. The van der Waals surface area contributed by atoms with Gasteiger partial charge in [-0.15, -0.1) is 0 Å². The van der Waals surface area contributed by atoms with Gasteiger partial charge in [0.05, 0.1) is 19.9 Å². The van der Waals surface area contributed by atoms with Crippen molar-refractivity contribution in [3.05, 3.63) is 59.7 Å². The van der Waals surface area contributed by atoms with E-state index in [1.54, 1.807) is 14.2 Å². The van der Waals surface area contributed by atoms with Crippen LogP contribution in [-0.4, -0.2) is 25.0 Å². The zero-order valence-corrected chi connectivity index (χ0v) is 14.8. The molecule has 0 radical (unpaired) electrons. The van der Waals surface area contributed by atoms with Gasteiger partial charge in [-0.1, -0.05) is 30.3 Å². The summed E-state index contributed by atoms with van der Waals surface area (Å²) in [6.07, 6.45) is 0. The lowest BCUT2D eigenvalue weighted by Crippen LogP contribution is -2.32. The van der Waals surface area contributed by atoms with E-state index >= 15 is 0 Å². The summed E-state index contributed by atoms with van der Waals surface area (Å²) < 4.78 is 10.6. The fourth-order valence-corrected chi connectivity index (χ4v) is 2.23. The van der Waals surface area contributed by atoms with E-state index in [4.69, 9.17) is 21.7 Å². The predicted octanol–water partition coefficient (Wildman–Crippen LogP) is 3.09. The van der Waals surface area contributed by atoms with E-state index in [2.05, 4.69) is 15.8 Å². The molecule has 0 aliphatic heterocycles. The standard InChI is InChI=1S/C18H21N3O2S/c1-13(16-11-15(22-2)9-10-17(16)23-3)20-21-18(24)19-12-14-7-5-4-6-8-14/h4-11H,12H2,1-3H3,(H2,19,21,24)/b20-13-. The third-order valence-corrected chi connectivity index (χ3v) is 3.65. The van der Waals surface area contributed by atoms with Crippen molar-refractivity contribution in [1.29, 1.82) is 0 Å². The van der Waals surface area contributed by atoms with Crippen LogP contribution in [0.5, 0.6) is 11.5 Å². The third kappa shape index (κ3) is 4.96. The van der Waals surface area contributed by atoms with Gasteiger partial charge in [0.1, 0.15) is 11.5 Å². The number of nitrogens with zero attached hydrogens (tertiary/aromatic N) is 1. The maximum absolute atomic E-state index is 5.37. The van der Waals surface area contributed by atoms with Gasteiger partial charge >= 0.3 is 0 Å². The minimum absolute atomic E-state index is 0.458. The maximum atomic E-state index is 5.37. The van der Waals surface area contributed by atoms with Gasteiger partial charge in [-0.3, -0.25) is 5.43 Å². The Morgan fingerprint density at radius 2 is 1.83 bits per heavy atom. The highest BCUT2D eigenvalue weighted by Crippen LogP contribution is 2.24. The van der Waals surface area contributed by atoms with Crippen LogP contribution in [-0.2, 0) is 6.54 Å². The summed E-state index contributed by atoms with van der Waals surface area (Å²) in [7, 11) is 3.25. The highest BCUT2D eigenvalue weighted by molar-refractivity contribution is 7.80. The molecule has 0 saturated heterocycles. The Bertz CT molecular complexity index is 717. The fraction of sp³-hybridized carbons (Fsp3) is 0.222. The zero-order chi connectivity index (χ0) is 17.4. The van der Waals surface area contributed by atoms with Crippen molar-refractivity contribution < 1.29 is 9.47 Å². The quantitative estimate of drug-likeness (QED) is 0.480. The number of hydrazone groups is 1. The number of methoxy groups -OCH3 is 2. The van der Waals surface area contributed by atoms with Crippen molar-refractivity contribution in [3.63, 3.8) is 0 Å². The molecule has 0 unspecified atom stereocenters. The van der Waals surface area contributed by atoms with Crippen LogP contribution in [0, 0.1) is 0 Å². The lowest BCUT2D eigenvalue weighted by atomic mass is 10.1. The van der Waals surface area contributed by atoms with Crippen LogP contribution in [0.25, 0.3) is 0 Å². The van der Waals surface area contributed by atoms with Crippen molar-refractivity contribution in [2.24, 2.45) is 5.10 Å². The normalized spacial score (nSPS) is 10.9. The first-order chi connectivity index (χ1) is 11.6. The number of benzene rings is 2. The van der Waals surface area contributed by atoms with Gasteiger partial charge in [-0.25, -0.2) is 0 Å². The summed E-state index contributed by atoms with van der Waals surface area (Å²) in [6, 6.07) is 15.6. The number of hydrogen-bond donors (Lipinski definition) is 2. The maximum Gasteiger partial charge on any atom is 0.187 e. The Labute approximate surface area is 147 Å². The molecule has 126 valence electrons. The average molecular weight is 343 g/mol. The van der Waals surface area contributed by atoms with E-state index in [0.29, 0.717) is 11.7 Å². The monoisotopic (exact) mass is 343 g/mol. The minimum Gasteiger partial charge on any atom is -0.497 e. The van der Waals surface area contributed by atoms with Gasteiger partial charge in [0.2, 0.25) is 0 Å². The molecule has 0 atom stereocenters. The van der Waals surface area contributed by atoms with Gasteiger partial charge < -0.3 is 14.8 Å². The molecule has 5 nitrogen and oxygen atoms in total. The molecule has 0 aliphatic rings. The molecule has 2 N–H and O–H groups in total. The van der Waals surface area contributed by atoms with Gasteiger partial charge in [0.15, 0.2) is 5.11 Å². The summed E-state index contributed by atoms with van der Waals surface area (Å²) in [5.74, 6) is 1.46. The highest BCUT2D eigenvalue weighted by Gasteiger charge is 2.08. The summed E-state index contributed by atoms with van der Waals surface area (Å²) in [6.45, 7) is 2.52. The van der Waals surface area contributed by atoms with Crippen molar-refractivity contribution in [2.75, 3.05) is 14.2 Å². The molecular formula is C18H21N3O2S. The lowest BCUT2D eigenvalue weighted by Gasteiger charge is -2.11. The lowest BCUT2D eigenvalue weighted by molar-refractivity contribution is 0.402. The predicted molar refractivity (Wildman–Crippen MR) is 101 cm³/mol. The fourth-order valence-electron chi connectivity index (χ4n) is 2.11. The third-order valence-electron chi connectivity index (χ3n) is 3.42. The van der Waals surface area contributed by atoms with Gasteiger partial charge in [-0.2, -0.15) is 5.10 Å². The largest absolute Gasteiger partial charge is 0.497 e. The molecular weight excluding hydrogens is 322 g/mol. The zero-order valence-electron chi connectivity index (χ0n) is 14.0. The second-order valence-corrected chi connectivity index (χ2v) is 5.45. The van der Waals surface area contributed by atoms with E-state index in [-0.39, 0.29) is 0 Å². The molecule has 0 aromatic heterocycles. The molecule has 0 fully saturated rings. The molecule has 0 bridgehead atoms. The molecule has 2 aromatic carbocycles. The van der Waals surface area contributed by atoms with Gasteiger partial charge in [0, 0.05) is 12.1 Å². The first-order valence-electron chi connectivity index (χ1n) is 7.48. The first-order valence-corrected chi connectivity index (χ1v) is 7.89. The van der Waals surface area contributed by atoms with Crippen molar-refractivity contribution in [1.82, 2.24) is 10.7 Å². The Kier molecular flexibility index (Phi) is 6.57. The highest BCUT2D eigenvalue weighted by atomic mass is 32.1. The summed E-state index contributed by atoms with van der Waals surface area (Å²) in [4.78, 5) is 0. The molecule has 0 heterocycles. The van der Waals surface area contributed by atoms with E-state index in [9.17, 15) is 0 Å². The van der Waals surface area contributed by atoms with Crippen molar-refractivity contribution in [2.45, 2.75) is 13.5 Å². The van der Waals surface area contributed by atoms with E-state index < -0.39 is 0 Å². The Morgan fingerprint density at radius 3 is 2.50 bits per heavy atom. The smallest absolute Gasteiger partial charge is 0.187 e. The molecule has 2 rings (SSSR count). The number of nitrogens with one attached hydrogen (secondary N) is 2. The van der Waals surface area contributed by atoms with E-state index in [1.165, 1.54) is 0 Å². The van der Waals surface area contributed by atoms with Crippen LogP contribution in [0.3, 0.4) is 0 Å². The van der Waals surface area contributed by atoms with Crippen LogP contribution >= 0.6 is 12.2 Å². The SMILES string of the molecule is COc1ccc(OC)c(/C(C)=N\NC(=S)NCc2ccccc2)c1. The molecule has 0 spiro atoms. The van der Waals surface area contributed by atoms with Gasteiger partial charge in [-0.05, 0) is 42.9 Å². The Morgan fingerprint density at radius 1 is 1.08 bits per heavy atom. The van der Waals surface area contributed by atoms with Crippen LogP contribution < -0.4 is 20.2 Å². The number of thiocarbonyl (C=S) groups is 1. The second kappa shape index (κ2) is 8.88. The van der Waals surface area contributed by atoms with Gasteiger partial charge in [0.25, 0.3) is 0 Å². The summed E-state index contributed by atoms with van der Waals surface area (Å²) in [5, 5.41) is 7.89. The van der Waals surface area contributed by atoms with Crippen molar-refractivity contribution >= 4 is 23.0 Å². The molecule has 0 saturated carbocycles. The molecule has 2 aromatic rings. The Balaban J connectivity index is 1.99. The average Bonchev–Trinajstić information content (AvgIpc) is 2.64. The second-order valence-electron chi connectivity index (χ2n) is 5.04. The number of rotatable bonds is 6.